The van der Waals surface area contributed by atoms with E-state index < -0.39 is 0 Å². The topological polar surface area (TPSA) is 35.5 Å². The van der Waals surface area contributed by atoms with Gasteiger partial charge in [0.25, 0.3) is 0 Å². The number of phenols is 1. The lowest BCUT2D eigenvalue weighted by Crippen LogP contribution is -2.45. The first-order chi connectivity index (χ1) is 9.49. The van der Waals surface area contributed by atoms with E-state index in [1.165, 1.54) is 12.1 Å². The molecule has 1 aromatic rings. The first-order valence-electron chi connectivity index (χ1n) is 6.76. The number of nitrogens with one attached hydrogen (secondary N) is 1. The van der Waals surface area contributed by atoms with E-state index in [0.29, 0.717) is 16.5 Å². The molecule has 0 bridgehead atoms. The third-order valence-corrected chi connectivity index (χ3v) is 4.16. The molecular formula is C15H22BrCl2FN2O. The Morgan fingerprint density at radius 3 is 2.55 bits per heavy atom. The largest absolute Gasteiger partial charge is 0.506 e. The van der Waals surface area contributed by atoms with Crippen molar-refractivity contribution < 1.29 is 9.50 Å². The second-order valence-corrected chi connectivity index (χ2v) is 6.14. The van der Waals surface area contributed by atoms with Crippen molar-refractivity contribution in [1.29, 1.82) is 0 Å². The van der Waals surface area contributed by atoms with Crippen LogP contribution in [0.3, 0.4) is 0 Å². The Morgan fingerprint density at radius 2 is 2.00 bits per heavy atom. The van der Waals surface area contributed by atoms with Crippen LogP contribution in [0.5, 0.6) is 5.75 Å². The first kappa shape index (κ1) is 21.7. The van der Waals surface area contributed by atoms with E-state index in [-0.39, 0.29) is 42.4 Å². The highest BCUT2D eigenvalue weighted by Crippen LogP contribution is 2.38. The summed E-state index contributed by atoms with van der Waals surface area (Å²) in [7, 11) is 0. The Hall–Kier alpha value is -0.330. The molecule has 1 fully saturated rings. The van der Waals surface area contributed by atoms with Crippen molar-refractivity contribution >= 4 is 40.7 Å². The van der Waals surface area contributed by atoms with Crippen LogP contribution in [0, 0.1) is 5.82 Å². The monoisotopic (exact) mass is 414 g/mol. The van der Waals surface area contributed by atoms with Gasteiger partial charge in [-0.25, -0.2) is 4.39 Å². The lowest BCUT2D eigenvalue weighted by molar-refractivity contribution is 0.169. The molecule has 0 aliphatic carbocycles. The number of phenolic OH excluding ortho intramolecular Hbond substituents is 1. The molecular weight excluding hydrogens is 394 g/mol. The summed E-state index contributed by atoms with van der Waals surface area (Å²) < 4.78 is 14.1. The molecule has 0 aromatic heterocycles. The molecule has 7 heteroatoms. The summed E-state index contributed by atoms with van der Waals surface area (Å²) in [4.78, 5) is 2.27. The molecule has 2 rings (SSSR count). The number of benzene rings is 1. The fourth-order valence-electron chi connectivity index (χ4n) is 2.60. The predicted octanol–water partition coefficient (Wildman–Crippen LogP) is 4.05. The number of aromatic hydroxyl groups is 1. The average Bonchev–Trinajstić information content (AvgIpc) is 2.41. The molecule has 1 atom stereocenters. The van der Waals surface area contributed by atoms with E-state index in [2.05, 4.69) is 32.7 Å². The van der Waals surface area contributed by atoms with Crippen LogP contribution in [0.1, 0.15) is 24.9 Å². The number of halogens is 4. The van der Waals surface area contributed by atoms with Crippen molar-refractivity contribution in [3.8, 4) is 5.75 Å². The quantitative estimate of drug-likeness (QED) is 0.728. The minimum Gasteiger partial charge on any atom is -0.506 e. The molecule has 1 aliphatic rings. The van der Waals surface area contributed by atoms with Crippen LogP contribution in [0.2, 0.25) is 0 Å². The van der Waals surface area contributed by atoms with Gasteiger partial charge in [0.05, 0.1) is 4.47 Å². The fraction of sp³-hybridized carbons (Fsp3) is 0.467. The van der Waals surface area contributed by atoms with Gasteiger partial charge < -0.3 is 10.4 Å². The van der Waals surface area contributed by atoms with Crippen molar-refractivity contribution in [3.63, 3.8) is 0 Å². The van der Waals surface area contributed by atoms with E-state index in [1.807, 2.05) is 6.92 Å². The van der Waals surface area contributed by atoms with E-state index in [1.54, 1.807) is 0 Å². The zero-order chi connectivity index (χ0) is 14.7. The van der Waals surface area contributed by atoms with Crippen molar-refractivity contribution in [2.45, 2.75) is 19.4 Å². The number of piperazine rings is 1. The van der Waals surface area contributed by atoms with E-state index in [9.17, 15) is 9.50 Å². The maximum absolute atomic E-state index is 13.7. The lowest BCUT2D eigenvalue weighted by atomic mass is 9.97. The van der Waals surface area contributed by atoms with Crippen LogP contribution in [0.4, 0.5) is 4.39 Å². The van der Waals surface area contributed by atoms with Crippen molar-refractivity contribution in [3.05, 3.63) is 40.1 Å². The Kier molecular flexibility index (Phi) is 9.58. The van der Waals surface area contributed by atoms with Crippen LogP contribution in [0.25, 0.3) is 0 Å². The van der Waals surface area contributed by atoms with Gasteiger partial charge in [-0.1, -0.05) is 5.57 Å². The Balaban J connectivity index is 0.00000220. The van der Waals surface area contributed by atoms with E-state index >= 15 is 0 Å². The summed E-state index contributed by atoms with van der Waals surface area (Å²) >= 11 is 3.21. The molecule has 1 aromatic carbocycles. The van der Waals surface area contributed by atoms with Gasteiger partial charge in [-0.15, -0.1) is 31.4 Å². The van der Waals surface area contributed by atoms with Crippen LogP contribution >= 0.6 is 40.7 Å². The standard InChI is InChI=1S/C15H20BrFN2O.2ClH/c1-10(2)7-14(19-5-3-18-4-6-19)12-8-11(17)9-13(16)15(12)20;;/h8-9,14,18,20H,1,3-7H2,2H3;2*1H/t14-;;/m0../s1. The Labute approximate surface area is 151 Å². The molecule has 0 amide bonds. The van der Waals surface area contributed by atoms with Crippen LogP contribution < -0.4 is 5.32 Å². The van der Waals surface area contributed by atoms with Gasteiger partial charge in [-0.3, -0.25) is 4.90 Å². The Bertz CT molecular complexity index is 511. The molecule has 0 unspecified atom stereocenters. The molecule has 3 nitrogen and oxygen atoms in total. The zero-order valence-electron chi connectivity index (χ0n) is 12.4. The fourth-order valence-corrected chi connectivity index (χ4v) is 3.05. The number of hydrogen-bond acceptors (Lipinski definition) is 3. The second kappa shape index (κ2) is 9.73. The summed E-state index contributed by atoms with van der Waals surface area (Å²) in [5.41, 5.74) is 1.65. The number of nitrogens with zero attached hydrogens (tertiary/aromatic N) is 1. The lowest BCUT2D eigenvalue weighted by Gasteiger charge is -2.35. The van der Waals surface area contributed by atoms with Gasteiger partial charge in [0.15, 0.2) is 0 Å². The SMILES string of the molecule is C=C(C)C[C@@H](c1cc(F)cc(Br)c1O)N1CCNCC1.Cl.Cl. The summed E-state index contributed by atoms with van der Waals surface area (Å²) in [5.74, 6) is -0.220. The normalized spacial score (nSPS) is 16.3. The molecule has 1 heterocycles. The van der Waals surface area contributed by atoms with Gasteiger partial charge in [0, 0.05) is 37.8 Å². The van der Waals surface area contributed by atoms with Crippen LogP contribution in [-0.2, 0) is 0 Å². The average molecular weight is 416 g/mol. The molecule has 2 N–H and O–H groups in total. The minimum absolute atomic E-state index is 0. The summed E-state index contributed by atoms with van der Waals surface area (Å²) in [6.45, 7) is 9.49. The van der Waals surface area contributed by atoms with E-state index in [0.717, 1.165) is 31.8 Å². The third-order valence-electron chi connectivity index (χ3n) is 3.55. The predicted molar refractivity (Wildman–Crippen MR) is 96.9 cm³/mol. The van der Waals surface area contributed by atoms with Gasteiger partial charge in [-0.2, -0.15) is 0 Å². The molecule has 0 radical (unpaired) electrons. The molecule has 126 valence electrons. The van der Waals surface area contributed by atoms with Crippen LogP contribution in [-0.4, -0.2) is 36.2 Å². The van der Waals surface area contributed by atoms with Gasteiger partial charge in [-0.05, 0) is 41.4 Å². The summed E-state index contributed by atoms with van der Waals surface area (Å²) in [6.07, 6.45) is 0.712. The minimum atomic E-state index is -0.341. The zero-order valence-corrected chi connectivity index (χ0v) is 15.7. The summed E-state index contributed by atoms with van der Waals surface area (Å²) in [5, 5.41) is 13.6. The highest BCUT2D eigenvalue weighted by Gasteiger charge is 2.26. The molecule has 0 saturated carbocycles. The number of hydrogen-bond donors (Lipinski definition) is 2. The Morgan fingerprint density at radius 1 is 1.41 bits per heavy atom. The van der Waals surface area contributed by atoms with Crippen LogP contribution in [0.15, 0.2) is 28.8 Å². The van der Waals surface area contributed by atoms with Gasteiger partial charge >= 0.3 is 0 Å². The second-order valence-electron chi connectivity index (χ2n) is 5.29. The maximum Gasteiger partial charge on any atom is 0.134 e. The van der Waals surface area contributed by atoms with E-state index in [4.69, 9.17) is 0 Å². The number of rotatable bonds is 4. The van der Waals surface area contributed by atoms with Gasteiger partial charge in [0.2, 0.25) is 0 Å². The first-order valence-corrected chi connectivity index (χ1v) is 7.55. The third kappa shape index (κ3) is 5.39. The molecule has 0 spiro atoms. The molecule has 1 saturated heterocycles. The molecule has 1 aliphatic heterocycles. The highest BCUT2D eigenvalue weighted by atomic mass is 79.9. The maximum atomic E-state index is 13.7. The van der Waals surface area contributed by atoms with Crippen molar-refractivity contribution in [1.82, 2.24) is 10.2 Å². The smallest absolute Gasteiger partial charge is 0.134 e. The molecule has 22 heavy (non-hydrogen) atoms. The highest BCUT2D eigenvalue weighted by molar-refractivity contribution is 9.10. The van der Waals surface area contributed by atoms with Crippen molar-refractivity contribution in [2.24, 2.45) is 0 Å². The van der Waals surface area contributed by atoms with Crippen molar-refractivity contribution in [2.75, 3.05) is 26.2 Å². The summed E-state index contributed by atoms with van der Waals surface area (Å²) in [6, 6.07) is 2.67. The van der Waals surface area contributed by atoms with Gasteiger partial charge in [0.1, 0.15) is 11.6 Å².